The minimum atomic E-state index is -0.656. The van der Waals surface area contributed by atoms with Crippen molar-refractivity contribution in [1.29, 1.82) is 0 Å². The Bertz CT molecular complexity index is 176. The van der Waals surface area contributed by atoms with E-state index in [2.05, 4.69) is 11.8 Å². The van der Waals surface area contributed by atoms with E-state index in [4.69, 9.17) is 5.11 Å². The molecule has 0 radical (unpaired) electrons. The number of aliphatic carboxylic acids is 1. The Hall–Kier alpha value is -0.970. The van der Waals surface area contributed by atoms with Crippen molar-refractivity contribution in [1.82, 2.24) is 0 Å². The van der Waals surface area contributed by atoms with Gasteiger partial charge in [0.25, 0.3) is 0 Å². The minimum absolute atomic E-state index is 0.366. The van der Waals surface area contributed by atoms with Gasteiger partial charge in [0.05, 0.1) is 0 Å². The van der Waals surface area contributed by atoms with Gasteiger partial charge in [-0.2, -0.15) is 0 Å². The molecule has 1 saturated carbocycles. The van der Waals surface area contributed by atoms with E-state index in [9.17, 15) is 4.79 Å². The average molecular weight is 168 g/mol. The summed E-state index contributed by atoms with van der Waals surface area (Å²) in [5.74, 6) is 5.46. The zero-order chi connectivity index (χ0) is 9.40. The molecule has 0 unspecified atom stereocenters. The maximum absolute atomic E-state index is 9.93. The standard InChI is InChI=1S/C6H10O2.C4H6/c7-6(8)4-3-5-1-2-5;1-3-4-2/h5H,1-4H2,(H,7,8);1-2H3. The van der Waals surface area contributed by atoms with Crippen LogP contribution in [0.25, 0.3) is 0 Å². The molecule has 0 aromatic carbocycles. The molecular weight excluding hydrogens is 152 g/mol. The molecule has 0 bridgehead atoms. The number of hydrogen-bond donors (Lipinski definition) is 1. The summed E-state index contributed by atoms with van der Waals surface area (Å²) in [7, 11) is 0. The summed E-state index contributed by atoms with van der Waals surface area (Å²) in [5, 5.41) is 8.19. The van der Waals surface area contributed by atoms with Crippen LogP contribution in [0.4, 0.5) is 0 Å². The van der Waals surface area contributed by atoms with Gasteiger partial charge in [0.2, 0.25) is 0 Å². The fraction of sp³-hybridized carbons (Fsp3) is 0.700. The van der Waals surface area contributed by atoms with Crippen molar-refractivity contribution in [2.24, 2.45) is 5.92 Å². The van der Waals surface area contributed by atoms with Crippen LogP contribution in [0.1, 0.15) is 39.5 Å². The van der Waals surface area contributed by atoms with Crippen LogP contribution >= 0.6 is 0 Å². The Morgan fingerprint density at radius 1 is 1.42 bits per heavy atom. The van der Waals surface area contributed by atoms with Gasteiger partial charge in [0.1, 0.15) is 0 Å². The number of hydrogen-bond acceptors (Lipinski definition) is 1. The first kappa shape index (κ1) is 11.0. The Labute approximate surface area is 74.0 Å². The SMILES string of the molecule is CC#CC.O=C(O)CCC1CC1. The molecule has 0 amide bonds. The summed E-state index contributed by atoms with van der Waals surface area (Å²) < 4.78 is 0. The second kappa shape index (κ2) is 6.72. The average Bonchev–Trinajstić information content (AvgIpc) is 2.84. The van der Waals surface area contributed by atoms with E-state index < -0.39 is 5.97 Å². The highest BCUT2D eigenvalue weighted by molar-refractivity contribution is 5.66. The van der Waals surface area contributed by atoms with Crippen LogP contribution in [0.3, 0.4) is 0 Å². The highest BCUT2D eigenvalue weighted by Crippen LogP contribution is 2.33. The van der Waals surface area contributed by atoms with Crippen molar-refractivity contribution in [3.63, 3.8) is 0 Å². The summed E-state index contributed by atoms with van der Waals surface area (Å²) in [6, 6.07) is 0. The largest absolute Gasteiger partial charge is 0.481 e. The molecule has 0 saturated heterocycles. The van der Waals surface area contributed by atoms with E-state index in [1.165, 1.54) is 12.8 Å². The third-order valence-corrected chi connectivity index (χ3v) is 1.71. The van der Waals surface area contributed by atoms with Gasteiger partial charge in [-0.05, 0) is 26.2 Å². The molecule has 1 fully saturated rings. The highest BCUT2D eigenvalue weighted by Gasteiger charge is 2.21. The molecule has 68 valence electrons. The second-order valence-corrected chi connectivity index (χ2v) is 2.88. The van der Waals surface area contributed by atoms with Crippen LogP contribution in [0.15, 0.2) is 0 Å². The van der Waals surface area contributed by atoms with Crippen LogP contribution in [-0.4, -0.2) is 11.1 Å². The van der Waals surface area contributed by atoms with Crippen molar-refractivity contribution in [2.75, 3.05) is 0 Å². The lowest BCUT2D eigenvalue weighted by Gasteiger charge is -1.87. The Morgan fingerprint density at radius 3 is 2.17 bits per heavy atom. The van der Waals surface area contributed by atoms with Gasteiger partial charge in [-0.1, -0.05) is 12.8 Å². The van der Waals surface area contributed by atoms with Gasteiger partial charge in [-0.15, -0.1) is 11.8 Å². The number of carboxylic acid groups (broad SMARTS) is 1. The summed E-state index contributed by atoms with van der Waals surface area (Å²) in [6.45, 7) is 3.64. The number of carboxylic acids is 1. The molecule has 12 heavy (non-hydrogen) atoms. The quantitative estimate of drug-likeness (QED) is 0.656. The maximum atomic E-state index is 9.93. The normalized spacial score (nSPS) is 13.5. The van der Waals surface area contributed by atoms with Gasteiger partial charge >= 0.3 is 5.97 Å². The Kier molecular flexibility index (Phi) is 6.18. The lowest BCUT2D eigenvalue weighted by molar-refractivity contribution is -0.137. The first-order valence-corrected chi connectivity index (χ1v) is 4.26. The first-order valence-electron chi connectivity index (χ1n) is 4.26. The molecule has 1 aliphatic rings. The van der Waals surface area contributed by atoms with E-state index in [1.807, 2.05) is 13.8 Å². The lowest BCUT2D eigenvalue weighted by atomic mass is 10.2. The fourth-order valence-electron chi connectivity index (χ4n) is 0.734. The molecule has 1 aliphatic carbocycles. The number of rotatable bonds is 3. The molecule has 1 rings (SSSR count). The molecule has 0 heterocycles. The molecule has 0 aromatic rings. The van der Waals surface area contributed by atoms with Crippen LogP contribution in [0, 0.1) is 17.8 Å². The molecule has 2 nitrogen and oxygen atoms in total. The van der Waals surface area contributed by atoms with Gasteiger partial charge in [0.15, 0.2) is 0 Å². The Morgan fingerprint density at radius 2 is 1.92 bits per heavy atom. The van der Waals surface area contributed by atoms with E-state index >= 15 is 0 Å². The van der Waals surface area contributed by atoms with Gasteiger partial charge in [0, 0.05) is 6.42 Å². The third-order valence-electron chi connectivity index (χ3n) is 1.71. The third kappa shape index (κ3) is 9.03. The molecule has 0 aliphatic heterocycles. The van der Waals surface area contributed by atoms with Crippen LogP contribution in [-0.2, 0) is 4.79 Å². The topological polar surface area (TPSA) is 37.3 Å². The van der Waals surface area contributed by atoms with Crippen molar-refractivity contribution in [2.45, 2.75) is 39.5 Å². The fourth-order valence-corrected chi connectivity index (χ4v) is 0.734. The van der Waals surface area contributed by atoms with Gasteiger partial charge in [-0.3, -0.25) is 4.79 Å². The summed E-state index contributed by atoms with van der Waals surface area (Å²) in [4.78, 5) is 9.93. The summed E-state index contributed by atoms with van der Waals surface area (Å²) >= 11 is 0. The molecule has 2 heteroatoms. The van der Waals surface area contributed by atoms with E-state index in [0.29, 0.717) is 6.42 Å². The van der Waals surface area contributed by atoms with E-state index in [0.717, 1.165) is 12.3 Å². The molecule has 0 aromatic heterocycles. The molecule has 0 spiro atoms. The summed E-state index contributed by atoms with van der Waals surface area (Å²) in [6.07, 6.45) is 3.78. The second-order valence-electron chi connectivity index (χ2n) is 2.88. The molecular formula is C10H16O2. The monoisotopic (exact) mass is 168 g/mol. The van der Waals surface area contributed by atoms with Crippen molar-refractivity contribution in [3.05, 3.63) is 0 Å². The van der Waals surface area contributed by atoms with E-state index in [1.54, 1.807) is 0 Å². The highest BCUT2D eigenvalue weighted by atomic mass is 16.4. The number of carbonyl (C=O) groups is 1. The van der Waals surface area contributed by atoms with Crippen molar-refractivity contribution < 1.29 is 9.90 Å². The summed E-state index contributed by atoms with van der Waals surface area (Å²) in [5.41, 5.74) is 0. The Balaban J connectivity index is 0.000000261. The smallest absolute Gasteiger partial charge is 0.303 e. The first-order chi connectivity index (χ1) is 5.70. The van der Waals surface area contributed by atoms with Gasteiger partial charge in [-0.25, -0.2) is 0 Å². The van der Waals surface area contributed by atoms with Crippen LogP contribution in [0.2, 0.25) is 0 Å². The zero-order valence-electron chi connectivity index (χ0n) is 7.76. The molecule has 0 atom stereocenters. The van der Waals surface area contributed by atoms with Crippen LogP contribution in [0.5, 0.6) is 0 Å². The van der Waals surface area contributed by atoms with E-state index in [-0.39, 0.29) is 0 Å². The van der Waals surface area contributed by atoms with Crippen LogP contribution < -0.4 is 0 Å². The maximum Gasteiger partial charge on any atom is 0.303 e. The van der Waals surface area contributed by atoms with Crippen molar-refractivity contribution >= 4 is 5.97 Å². The lowest BCUT2D eigenvalue weighted by Crippen LogP contribution is -1.93. The minimum Gasteiger partial charge on any atom is -0.481 e. The molecule has 1 N–H and O–H groups in total. The zero-order valence-corrected chi connectivity index (χ0v) is 7.76. The predicted octanol–water partition coefficient (Wildman–Crippen LogP) is 2.29. The predicted molar refractivity (Wildman–Crippen MR) is 48.7 cm³/mol. The van der Waals surface area contributed by atoms with Crippen molar-refractivity contribution in [3.8, 4) is 11.8 Å². The van der Waals surface area contributed by atoms with Gasteiger partial charge < -0.3 is 5.11 Å².